The summed E-state index contributed by atoms with van der Waals surface area (Å²) >= 11 is 4.25. The van der Waals surface area contributed by atoms with Gasteiger partial charge in [0.25, 0.3) is 0 Å². The lowest BCUT2D eigenvalue weighted by Gasteiger charge is -2.33. The molecular weight excluding hydrogens is 260 g/mol. The third-order valence-electron chi connectivity index (χ3n) is 3.51. The van der Waals surface area contributed by atoms with E-state index in [-0.39, 0.29) is 17.9 Å². The van der Waals surface area contributed by atoms with E-state index in [1.807, 2.05) is 25.8 Å². The van der Waals surface area contributed by atoms with Crippen molar-refractivity contribution in [3.8, 4) is 0 Å². The molecule has 0 N–H and O–H groups in total. The summed E-state index contributed by atoms with van der Waals surface area (Å²) in [7, 11) is 1.88. The maximum absolute atomic E-state index is 11.8. The van der Waals surface area contributed by atoms with Gasteiger partial charge in [0.15, 0.2) is 0 Å². The fraction of sp³-hybridized carbons (Fsp3) is 0.929. The van der Waals surface area contributed by atoms with Crippen LogP contribution in [0.4, 0.5) is 0 Å². The summed E-state index contributed by atoms with van der Waals surface area (Å²) < 4.78 is 5.78. The van der Waals surface area contributed by atoms with Crippen molar-refractivity contribution in [3.63, 3.8) is 0 Å². The molecule has 0 bridgehead atoms. The first-order valence-corrected chi connectivity index (χ1v) is 7.87. The molecule has 1 fully saturated rings. The van der Waals surface area contributed by atoms with Gasteiger partial charge in [0.1, 0.15) is 0 Å². The van der Waals surface area contributed by atoms with Gasteiger partial charge in [-0.3, -0.25) is 9.69 Å². The number of carbonyl (C=O) groups excluding carboxylic acids is 1. The van der Waals surface area contributed by atoms with Gasteiger partial charge in [-0.15, -0.1) is 0 Å². The van der Waals surface area contributed by atoms with E-state index in [1.165, 1.54) is 0 Å². The summed E-state index contributed by atoms with van der Waals surface area (Å²) in [6.45, 7) is 8.57. The molecule has 1 atom stereocenters. The largest absolute Gasteiger partial charge is 0.375 e. The van der Waals surface area contributed by atoms with Crippen molar-refractivity contribution in [2.45, 2.75) is 32.8 Å². The van der Waals surface area contributed by atoms with Gasteiger partial charge in [-0.1, -0.05) is 13.8 Å². The van der Waals surface area contributed by atoms with Crippen molar-refractivity contribution in [3.05, 3.63) is 0 Å². The van der Waals surface area contributed by atoms with E-state index in [9.17, 15) is 4.79 Å². The van der Waals surface area contributed by atoms with Gasteiger partial charge in [-0.25, -0.2) is 0 Å². The zero-order valence-corrected chi connectivity index (χ0v) is 13.4. The van der Waals surface area contributed by atoms with Gasteiger partial charge in [0.2, 0.25) is 5.91 Å². The highest BCUT2D eigenvalue weighted by Crippen LogP contribution is 2.10. The Morgan fingerprint density at radius 3 is 2.89 bits per heavy atom. The number of thiol groups is 1. The number of carbonyl (C=O) groups is 1. The van der Waals surface area contributed by atoms with Gasteiger partial charge in [0, 0.05) is 32.6 Å². The standard InChI is InChI=1S/C14H28N2O2S/c1-12(2)14(17)15(3)7-5-13-11-16(6-4-10-19)8-9-18-13/h12-13,19H,4-11H2,1-3H3/t13-/m0/s1. The van der Waals surface area contributed by atoms with Crippen molar-refractivity contribution in [2.75, 3.05) is 45.6 Å². The summed E-state index contributed by atoms with van der Waals surface area (Å²) in [5, 5.41) is 0. The van der Waals surface area contributed by atoms with Gasteiger partial charge in [-0.2, -0.15) is 12.6 Å². The maximum Gasteiger partial charge on any atom is 0.224 e. The fourth-order valence-electron chi connectivity index (χ4n) is 2.34. The molecule has 0 radical (unpaired) electrons. The number of rotatable bonds is 7. The topological polar surface area (TPSA) is 32.8 Å². The lowest BCUT2D eigenvalue weighted by atomic mass is 10.1. The Kier molecular flexibility index (Phi) is 7.80. The molecule has 0 aliphatic carbocycles. The zero-order chi connectivity index (χ0) is 14.3. The SMILES string of the molecule is CC(C)C(=O)N(C)CC[C@H]1CN(CCCS)CCO1. The number of ether oxygens (including phenoxy) is 1. The first kappa shape index (κ1) is 16.8. The van der Waals surface area contributed by atoms with E-state index in [2.05, 4.69) is 17.5 Å². The molecule has 19 heavy (non-hydrogen) atoms. The molecule has 1 aliphatic heterocycles. The van der Waals surface area contributed by atoms with Crippen LogP contribution in [0.3, 0.4) is 0 Å². The van der Waals surface area contributed by atoms with Crippen LogP contribution in [-0.2, 0) is 9.53 Å². The first-order chi connectivity index (χ1) is 9.04. The second kappa shape index (κ2) is 8.82. The summed E-state index contributed by atoms with van der Waals surface area (Å²) in [5.74, 6) is 1.22. The highest BCUT2D eigenvalue weighted by molar-refractivity contribution is 7.80. The minimum Gasteiger partial charge on any atom is -0.375 e. The monoisotopic (exact) mass is 288 g/mol. The average Bonchev–Trinajstić information content (AvgIpc) is 2.42. The summed E-state index contributed by atoms with van der Waals surface area (Å²) in [4.78, 5) is 16.0. The highest BCUT2D eigenvalue weighted by atomic mass is 32.1. The summed E-state index contributed by atoms with van der Waals surface area (Å²) in [6, 6.07) is 0. The maximum atomic E-state index is 11.8. The zero-order valence-electron chi connectivity index (χ0n) is 12.5. The van der Waals surface area contributed by atoms with Crippen LogP contribution in [-0.4, -0.2) is 67.4 Å². The van der Waals surface area contributed by atoms with E-state index in [1.54, 1.807) is 0 Å². The minimum atomic E-state index is 0.0733. The minimum absolute atomic E-state index is 0.0733. The van der Waals surface area contributed by atoms with Crippen LogP contribution < -0.4 is 0 Å². The normalized spacial score (nSPS) is 20.8. The molecular formula is C14H28N2O2S. The Labute approximate surface area is 122 Å². The second-order valence-electron chi connectivity index (χ2n) is 5.57. The lowest BCUT2D eigenvalue weighted by molar-refractivity contribution is -0.133. The van der Waals surface area contributed by atoms with Crippen molar-refractivity contribution in [2.24, 2.45) is 5.92 Å². The van der Waals surface area contributed by atoms with Crippen molar-refractivity contribution < 1.29 is 9.53 Å². The van der Waals surface area contributed by atoms with Crippen LogP contribution in [0.15, 0.2) is 0 Å². The number of hydrogen-bond acceptors (Lipinski definition) is 4. The number of nitrogens with zero attached hydrogens (tertiary/aromatic N) is 2. The number of hydrogen-bond donors (Lipinski definition) is 1. The molecule has 0 aromatic rings. The summed E-state index contributed by atoms with van der Waals surface area (Å²) in [6.07, 6.45) is 2.31. The molecule has 1 saturated heterocycles. The Hall–Kier alpha value is -0.260. The molecule has 0 unspecified atom stereocenters. The Morgan fingerprint density at radius 1 is 1.53 bits per heavy atom. The molecule has 1 aliphatic rings. The Bertz CT molecular complexity index is 274. The molecule has 112 valence electrons. The Morgan fingerprint density at radius 2 is 2.26 bits per heavy atom. The molecule has 0 spiro atoms. The van der Waals surface area contributed by atoms with E-state index in [4.69, 9.17) is 4.74 Å². The number of amides is 1. The molecule has 4 nitrogen and oxygen atoms in total. The molecule has 1 amide bonds. The smallest absolute Gasteiger partial charge is 0.224 e. The molecule has 5 heteroatoms. The van der Waals surface area contributed by atoms with Crippen LogP contribution in [0.25, 0.3) is 0 Å². The highest BCUT2D eigenvalue weighted by Gasteiger charge is 2.21. The van der Waals surface area contributed by atoms with Crippen LogP contribution >= 0.6 is 12.6 Å². The Balaban J connectivity index is 2.26. The van der Waals surface area contributed by atoms with E-state index in [0.717, 1.165) is 51.4 Å². The fourth-order valence-corrected chi connectivity index (χ4v) is 2.48. The quantitative estimate of drug-likeness (QED) is 0.721. The second-order valence-corrected chi connectivity index (χ2v) is 6.02. The van der Waals surface area contributed by atoms with E-state index < -0.39 is 0 Å². The predicted molar refractivity (Wildman–Crippen MR) is 81.7 cm³/mol. The van der Waals surface area contributed by atoms with E-state index in [0.29, 0.717) is 0 Å². The van der Waals surface area contributed by atoms with Gasteiger partial charge >= 0.3 is 0 Å². The molecule has 1 heterocycles. The van der Waals surface area contributed by atoms with Crippen LogP contribution in [0.1, 0.15) is 26.7 Å². The van der Waals surface area contributed by atoms with Crippen molar-refractivity contribution >= 4 is 18.5 Å². The molecule has 1 rings (SSSR count). The predicted octanol–water partition coefficient (Wildman–Crippen LogP) is 1.51. The number of morpholine rings is 1. The van der Waals surface area contributed by atoms with Crippen molar-refractivity contribution in [1.82, 2.24) is 9.80 Å². The third-order valence-corrected chi connectivity index (χ3v) is 3.83. The molecule has 0 saturated carbocycles. The lowest BCUT2D eigenvalue weighted by Crippen LogP contribution is -2.44. The van der Waals surface area contributed by atoms with Crippen LogP contribution in [0, 0.1) is 5.92 Å². The van der Waals surface area contributed by atoms with Gasteiger partial charge in [-0.05, 0) is 25.1 Å². The molecule has 0 aromatic heterocycles. The molecule has 0 aromatic carbocycles. The third kappa shape index (κ3) is 6.15. The first-order valence-electron chi connectivity index (χ1n) is 7.24. The van der Waals surface area contributed by atoms with Crippen molar-refractivity contribution in [1.29, 1.82) is 0 Å². The van der Waals surface area contributed by atoms with E-state index >= 15 is 0 Å². The average molecular weight is 288 g/mol. The summed E-state index contributed by atoms with van der Waals surface area (Å²) in [5.41, 5.74) is 0. The van der Waals surface area contributed by atoms with Crippen LogP contribution in [0.2, 0.25) is 0 Å². The van der Waals surface area contributed by atoms with Crippen LogP contribution in [0.5, 0.6) is 0 Å². The van der Waals surface area contributed by atoms with Gasteiger partial charge < -0.3 is 9.64 Å². The van der Waals surface area contributed by atoms with Gasteiger partial charge in [0.05, 0.1) is 12.7 Å².